The highest BCUT2D eigenvalue weighted by Crippen LogP contribution is 2.41. The van der Waals surface area contributed by atoms with Crippen molar-refractivity contribution in [3.8, 4) is 17.3 Å². The molecule has 176 valence electrons. The number of hydrogen-bond acceptors (Lipinski definition) is 9. The van der Waals surface area contributed by atoms with Crippen LogP contribution in [0, 0.1) is 11.3 Å². The number of hydrogen-bond donors (Lipinski definition) is 3. The lowest BCUT2D eigenvalue weighted by Crippen LogP contribution is -2.36. The predicted molar refractivity (Wildman–Crippen MR) is 128 cm³/mol. The average molecular weight is 461 g/mol. The van der Waals surface area contributed by atoms with Gasteiger partial charge in [0.25, 0.3) is 0 Å². The first-order valence-electron chi connectivity index (χ1n) is 11.4. The fraction of sp³-hybridized carbons (Fsp3) is 0.417. The van der Waals surface area contributed by atoms with E-state index in [2.05, 4.69) is 36.7 Å². The van der Waals surface area contributed by atoms with E-state index in [4.69, 9.17) is 4.74 Å². The molecule has 34 heavy (non-hydrogen) atoms. The van der Waals surface area contributed by atoms with Gasteiger partial charge in [-0.15, -0.1) is 0 Å². The lowest BCUT2D eigenvalue weighted by atomic mass is 9.83. The molecule has 0 saturated carbocycles. The van der Waals surface area contributed by atoms with E-state index in [0.717, 1.165) is 55.4 Å². The Morgan fingerprint density at radius 2 is 2.12 bits per heavy atom. The van der Waals surface area contributed by atoms with Crippen molar-refractivity contribution in [1.82, 2.24) is 24.6 Å². The van der Waals surface area contributed by atoms with Gasteiger partial charge < -0.3 is 20.5 Å². The first-order valence-corrected chi connectivity index (χ1v) is 11.4. The molecule has 2 aromatic heterocycles. The zero-order chi connectivity index (χ0) is 23.7. The van der Waals surface area contributed by atoms with Crippen molar-refractivity contribution < 1.29 is 9.84 Å². The van der Waals surface area contributed by atoms with Gasteiger partial charge in [0, 0.05) is 56.5 Å². The number of nitrogens with one attached hydrogen (secondary N) is 2. The molecule has 1 saturated heterocycles. The third-order valence-electron chi connectivity index (χ3n) is 6.57. The van der Waals surface area contributed by atoms with Crippen LogP contribution in [0.25, 0.3) is 11.3 Å². The number of morpholine rings is 1. The van der Waals surface area contributed by atoms with Crippen LogP contribution in [0.15, 0.2) is 30.5 Å². The maximum absolute atomic E-state index is 9.96. The second-order valence-corrected chi connectivity index (χ2v) is 9.05. The Hall–Kier alpha value is -3.52. The van der Waals surface area contributed by atoms with Crippen molar-refractivity contribution in [2.45, 2.75) is 18.9 Å². The van der Waals surface area contributed by atoms with Crippen molar-refractivity contribution in [2.75, 3.05) is 50.1 Å². The number of benzene rings is 1. The summed E-state index contributed by atoms with van der Waals surface area (Å²) in [7, 11) is 1.93. The van der Waals surface area contributed by atoms with Gasteiger partial charge in [0.05, 0.1) is 42.5 Å². The Bertz CT molecular complexity index is 1240. The number of rotatable bonds is 6. The van der Waals surface area contributed by atoms with Crippen molar-refractivity contribution in [3.05, 3.63) is 47.3 Å². The molecule has 1 fully saturated rings. The highest BCUT2D eigenvalue weighted by molar-refractivity contribution is 5.76. The molecular formula is C24H28N8O2. The molecule has 0 amide bonds. The quantitative estimate of drug-likeness (QED) is 0.507. The summed E-state index contributed by atoms with van der Waals surface area (Å²) in [6.07, 6.45) is 1.69. The molecule has 3 N–H and O–H groups in total. The van der Waals surface area contributed by atoms with Crippen LogP contribution in [0.1, 0.15) is 23.7 Å². The van der Waals surface area contributed by atoms with Gasteiger partial charge in [0.2, 0.25) is 5.95 Å². The molecule has 2 aliphatic heterocycles. The third-order valence-corrected chi connectivity index (χ3v) is 6.57. The first-order chi connectivity index (χ1) is 16.5. The van der Waals surface area contributed by atoms with Gasteiger partial charge in [-0.3, -0.25) is 9.58 Å². The molecule has 0 aliphatic carbocycles. The third kappa shape index (κ3) is 4.21. The molecule has 3 aromatic rings. The highest BCUT2D eigenvalue weighted by Gasteiger charge is 2.36. The fourth-order valence-electron chi connectivity index (χ4n) is 4.46. The Balaban J connectivity index is 1.40. The first kappa shape index (κ1) is 22.3. The number of aliphatic hydroxyl groups is 1. The van der Waals surface area contributed by atoms with E-state index in [-0.39, 0.29) is 6.61 Å². The van der Waals surface area contributed by atoms with Gasteiger partial charge in [-0.25, -0.2) is 9.97 Å². The van der Waals surface area contributed by atoms with Crippen molar-refractivity contribution in [3.63, 3.8) is 0 Å². The number of anilines is 3. The van der Waals surface area contributed by atoms with Crippen LogP contribution in [0.3, 0.4) is 0 Å². The molecule has 0 bridgehead atoms. The topological polar surface area (TPSA) is 124 Å². The number of fused-ring (bicyclic) bond motifs is 1. The van der Waals surface area contributed by atoms with E-state index in [9.17, 15) is 10.4 Å². The van der Waals surface area contributed by atoms with Gasteiger partial charge in [-0.2, -0.15) is 10.4 Å². The van der Waals surface area contributed by atoms with E-state index in [1.807, 2.05) is 42.9 Å². The van der Waals surface area contributed by atoms with E-state index in [1.165, 1.54) is 0 Å². The summed E-state index contributed by atoms with van der Waals surface area (Å²) in [4.78, 5) is 11.4. The van der Waals surface area contributed by atoms with Gasteiger partial charge >= 0.3 is 0 Å². The number of aryl methyl sites for hydroxylation is 1. The highest BCUT2D eigenvalue weighted by atomic mass is 16.5. The molecule has 4 heterocycles. The van der Waals surface area contributed by atoms with Gasteiger partial charge in [0.1, 0.15) is 6.07 Å². The molecular weight excluding hydrogens is 432 g/mol. The molecule has 10 heteroatoms. The molecule has 0 spiro atoms. The van der Waals surface area contributed by atoms with Gasteiger partial charge in [-0.05, 0) is 23.8 Å². The molecule has 1 unspecified atom stereocenters. The second kappa shape index (κ2) is 9.02. The number of aliphatic hydroxyl groups excluding tert-OH is 1. The SMILES string of the molecule is Cn1nc(Nc2nccc(-c3cc(C#N)c4c(c3)C(C)(CO)CN4)n2)cc1CN1CCOCC1. The van der Waals surface area contributed by atoms with Crippen LogP contribution in [-0.2, 0) is 23.7 Å². The number of aromatic nitrogens is 4. The Morgan fingerprint density at radius 1 is 1.29 bits per heavy atom. The summed E-state index contributed by atoms with van der Waals surface area (Å²) >= 11 is 0. The van der Waals surface area contributed by atoms with E-state index in [0.29, 0.717) is 29.6 Å². The molecule has 10 nitrogen and oxygen atoms in total. The van der Waals surface area contributed by atoms with Gasteiger partial charge in [-0.1, -0.05) is 6.92 Å². The second-order valence-electron chi connectivity index (χ2n) is 9.05. The average Bonchev–Trinajstić information content (AvgIpc) is 3.38. The van der Waals surface area contributed by atoms with Crippen LogP contribution in [0.2, 0.25) is 0 Å². The Kier molecular flexibility index (Phi) is 5.91. The van der Waals surface area contributed by atoms with Crippen LogP contribution in [0.4, 0.5) is 17.5 Å². The smallest absolute Gasteiger partial charge is 0.228 e. The molecule has 0 radical (unpaired) electrons. The summed E-state index contributed by atoms with van der Waals surface area (Å²) < 4.78 is 7.29. The van der Waals surface area contributed by atoms with Gasteiger partial charge in [0.15, 0.2) is 5.82 Å². The van der Waals surface area contributed by atoms with E-state index in [1.54, 1.807) is 6.20 Å². The van der Waals surface area contributed by atoms with Crippen LogP contribution >= 0.6 is 0 Å². The summed E-state index contributed by atoms with van der Waals surface area (Å²) in [6, 6.07) is 9.91. The van der Waals surface area contributed by atoms with Crippen LogP contribution in [0.5, 0.6) is 0 Å². The van der Waals surface area contributed by atoms with Crippen molar-refractivity contribution >= 4 is 17.5 Å². The monoisotopic (exact) mass is 460 g/mol. The Labute approximate surface area is 198 Å². The number of nitriles is 1. The maximum atomic E-state index is 9.96. The Morgan fingerprint density at radius 3 is 2.88 bits per heavy atom. The van der Waals surface area contributed by atoms with Crippen LogP contribution < -0.4 is 10.6 Å². The zero-order valence-electron chi connectivity index (χ0n) is 19.4. The molecule has 2 aliphatic rings. The minimum atomic E-state index is -0.449. The number of nitrogens with zero attached hydrogens (tertiary/aromatic N) is 6. The largest absolute Gasteiger partial charge is 0.395 e. The summed E-state index contributed by atoms with van der Waals surface area (Å²) in [5, 5.41) is 30.7. The zero-order valence-corrected chi connectivity index (χ0v) is 19.4. The summed E-state index contributed by atoms with van der Waals surface area (Å²) in [5.74, 6) is 1.10. The molecule has 1 aromatic carbocycles. The minimum absolute atomic E-state index is 0.00956. The predicted octanol–water partition coefficient (Wildman–Crippen LogP) is 2.00. The summed E-state index contributed by atoms with van der Waals surface area (Å²) in [5.41, 5.74) is 4.39. The van der Waals surface area contributed by atoms with Crippen molar-refractivity contribution in [1.29, 1.82) is 5.26 Å². The normalized spacial score (nSPS) is 19.9. The lowest BCUT2D eigenvalue weighted by molar-refractivity contribution is 0.0331. The minimum Gasteiger partial charge on any atom is -0.395 e. The number of ether oxygens (including phenoxy) is 1. The van der Waals surface area contributed by atoms with E-state index >= 15 is 0 Å². The van der Waals surface area contributed by atoms with Crippen molar-refractivity contribution in [2.24, 2.45) is 7.05 Å². The van der Waals surface area contributed by atoms with Crippen LogP contribution in [-0.4, -0.2) is 69.2 Å². The molecule has 1 atom stereocenters. The standard InChI is InChI=1S/C24H28N8O2/c1-24(15-33)14-27-22-17(12-25)9-16(10-19(22)24)20-3-4-26-23(28-20)29-21-11-18(31(2)30-21)13-32-5-7-34-8-6-32/h3-4,9-11,27,33H,5-8,13-15H2,1-2H3,(H,26,28,29,30). The molecule has 5 rings (SSSR count). The lowest BCUT2D eigenvalue weighted by Gasteiger charge is -2.26. The fourth-order valence-corrected chi connectivity index (χ4v) is 4.46. The summed E-state index contributed by atoms with van der Waals surface area (Å²) in [6.45, 7) is 6.70. The van der Waals surface area contributed by atoms with E-state index < -0.39 is 5.41 Å². The maximum Gasteiger partial charge on any atom is 0.228 e.